The number of nitrogens with zero attached hydrogens (tertiary/aromatic N) is 3. The standard InChI is InChI=1S/C47H30BN3/c1-29-14-5-10-23-38(29)51-42-27-26-41-43(35-20-9-12-25-40(35)49(41)31-16-3-2-4-17-31)44(42)36-28-30-15-6-7-18-32(30)47-45(36)48(51)37-22-13-21-34-33-19-8-11-24-39(33)50(47)46(34)37/h2-28H,1H3. The van der Waals surface area contributed by atoms with Crippen LogP contribution in [0, 0.1) is 6.92 Å². The molecule has 4 heterocycles. The molecular weight excluding hydrogens is 617 g/mol. The van der Waals surface area contributed by atoms with E-state index in [4.69, 9.17) is 0 Å². The van der Waals surface area contributed by atoms with Crippen molar-refractivity contribution < 1.29 is 0 Å². The van der Waals surface area contributed by atoms with Crippen LogP contribution in [0.2, 0.25) is 0 Å². The van der Waals surface area contributed by atoms with Gasteiger partial charge in [-0.2, -0.15) is 0 Å². The number of anilines is 2. The molecular formula is C47H30BN3. The molecule has 2 aliphatic rings. The summed E-state index contributed by atoms with van der Waals surface area (Å²) in [5, 5.41) is 7.70. The Labute approximate surface area is 295 Å². The van der Waals surface area contributed by atoms with E-state index in [1.54, 1.807) is 0 Å². The summed E-state index contributed by atoms with van der Waals surface area (Å²) in [6.45, 7) is 2.24. The molecule has 2 aromatic heterocycles. The lowest BCUT2D eigenvalue weighted by molar-refractivity contribution is 1.18. The average molecular weight is 648 g/mol. The van der Waals surface area contributed by atoms with Crippen LogP contribution in [0.15, 0.2) is 164 Å². The second-order valence-corrected chi connectivity index (χ2v) is 14.1. The van der Waals surface area contributed by atoms with Gasteiger partial charge in [0.15, 0.2) is 0 Å². The average Bonchev–Trinajstić information content (AvgIpc) is 3.71. The van der Waals surface area contributed by atoms with Crippen molar-refractivity contribution in [2.75, 3.05) is 4.81 Å². The molecule has 0 aliphatic carbocycles. The smallest absolute Gasteiger partial charge is 0.333 e. The van der Waals surface area contributed by atoms with Crippen LogP contribution in [0.3, 0.4) is 0 Å². The molecule has 2 aliphatic heterocycles. The summed E-state index contributed by atoms with van der Waals surface area (Å²) in [5.41, 5.74) is 16.5. The molecule has 0 amide bonds. The first-order valence-corrected chi connectivity index (χ1v) is 17.8. The number of fused-ring (bicyclic) bond motifs is 13. The van der Waals surface area contributed by atoms with Gasteiger partial charge in [0, 0.05) is 49.6 Å². The number of aromatic nitrogens is 2. The molecule has 8 aromatic carbocycles. The molecule has 0 radical (unpaired) electrons. The molecule has 0 saturated heterocycles. The predicted molar refractivity (Wildman–Crippen MR) is 216 cm³/mol. The lowest BCUT2D eigenvalue weighted by Crippen LogP contribution is -2.60. The summed E-state index contributed by atoms with van der Waals surface area (Å²) in [5.74, 6) is 0. The van der Waals surface area contributed by atoms with Crippen molar-refractivity contribution in [2.45, 2.75) is 6.92 Å². The quantitative estimate of drug-likeness (QED) is 0.170. The van der Waals surface area contributed by atoms with Crippen LogP contribution < -0.4 is 15.7 Å². The van der Waals surface area contributed by atoms with E-state index in [2.05, 4.69) is 185 Å². The maximum absolute atomic E-state index is 2.66. The molecule has 0 bridgehead atoms. The second kappa shape index (κ2) is 9.80. The van der Waals surface area contributed by atoms with Gasteiger partial charge in [0.2, 0.25) is 0 Å². The summed E-state index contributed by atoms with van der Waals surface area (Å²) in [4.78, 5) is 2.66. The highest BCUT2D eigenvalue weighted by Crippen LogP contribution is 2.51. The zero-order valence-electron chi connectivity index (χ0n) is 28.0. The topological polar surface area (TPSA) is 13.1 Å². The monoisotopic (exact) mass is 647 g/mol. The van der Waals surface area contributed by atoms with E-state index in [0.29, 0.717) is 0 Å². The zero-order chi connectivity index (χ0) is 33.4. The van der Waals surface area contributed by atoms with E-state index < -0.39 is 0 Å². The minimum Gasteiger partial charge on any atom is -0.376 e. The molecule has 236 valence electrons. The van der Waals surface area contributed by atoms with E-state index >= 15 is 0 Å². The van der Waals surface area contributed by atoms with Crippen LogP contribution in [0.4, 0.5) is 11.4 Å². The summed E-state index contributed by atoms with van der Waals surface area (Å²) < 4.78 is 5.03. The normalized spacial score (nSPS) is 13.1. The van der Waals surface area contributed by atoms with Gasteiger partial charge >= 0.3 is 6.85 Å². The first kappa shape index (κ1) is 27.3. The van der Waals surface area contributed by atoms with Crippen LogP contribution in [0.25, 0.3) is 76.9 Å². The zero-order valence-corrected chi connectivity index (χ0v) is 28.0. The third kappa shape index (κ3) is 3.39. The maximum Gasteiger partial charge on any atom is 0.333 e. The van der Waals surface area contributed by atoms with Crippen LogP contribution in [-0.2, 0) is 0 Å². The fraction of sp³-hybridized carbons (Fsp3) is 0.0213. The first-order valence-electron chi connectivity index (χ1n) is 17.8. The Morgan fingerprint density at radius 3 is 2.02 bits per heavy atom. The van der Waals surface area contributed by atoms with Crippen molar-refractivity contribution in [3.8, 4) is 22.5 Å². The minimum absolute atomic E-state index is 0.0198. The highest BCUT2D eigenvalue weighted by molar-refractivity contribution is 6.94. The Hall–Kier alpha value is -6.52. The Morgan fingerprint density at radius 1 is 0.490 bits per heavy atom. The van der Waals surface area contributed by atoms with Gasteiger partial charge < -0.3 is 13.9 Å². The first-order chi connectivity index (χ1) is 25.3. The molecule has 0 atom stereocenters. The van der Waals surface area contributed by atoms with Gasteiger partial charge in [-0.25, -0.2) is 0 Å². The number of rotatable bonds is 2. The molecule has 0 spiro atoms. The fourth-order valence-electron chi connectivity index (χ4n) is 9.61. The van der Waals surface area contributed by atoms with Crippen molar-refractivity contribution in [3.63, 3.8) is 0 Å². The van der Waals surface area contributed by atoms with Gasteiger partial charge in [0.1, 0.15) is 0 Å². The molecule has 12 rings (SSSR count). The molecule has 0 saturated carbocycles. The molecule has 4 heteroatoms. The number of para-hydroxylation sites is 5. The Morgan fingerprint density at radius 2 is 1.18 bits per heavy atom. The van der Waals surface area contributed by atoms with Crippen LogP contribution in [0.5, 0.6) is 0 Å². The van der Waals surface area contributed by atoms with E-state index in [9.17, 15) is 0 Å². The van der Waals surface area contributed by atoms with Crippen molar-refractivity contribution in [3.05, 3.63) is 169 Å². The van der Waals surface area contributed by atoms with Crippen molar-refractivity contribution in [1.29, 1.82) is 0 Å². The lowest BCUT2D eigenvalue weighted by Gasteiger charge is -2.43. The van der Waals surface area contributed by atoms with Crippen LogP contribution >= 0.6 is 0 Å². The SMILES string of the molecule is Cc1ccccc1N1B2c3c(cc4ccccc4c3-n3c4ccccc4c4cccc2c43)-c2c1ccc1c2c2ccccc2n1-c1ccccc1. The van der Waals surface area contributed by atoms with Crippen LogP contribution in [0.1, 0.15) is 5.56 Å². The summed E-state index contributed by atoms with van der Waals surface area (Å²) >= 11 is 0. The summed E-state index contributed by atoms with van der Waals surface area (Å²) in [6, 6.07) is 60.8. The molecule has 0 N–H and O–H groups in total. The van der Waals surface area contributed by atoms with Gasteiger partial charge in [-0.05, 0) is 82.9 Å². The van der Waals surface area contributed by atoms with Gasteiger partial charge in [0.05, 0.1) is 27.8 Å². The third-order valence-corrected chi connectivity index (χ3v) is 11.6. The van der Waals surface area contributed by atoms with Crippen molar-refractivity contribution in [1.82, 2.24) is 9.13 Å². The predicted octanol–water partition coefficient (Wildman–Crippen LogP) is 10.6. The van der Waals surface area contributed by atoms with Gasteiger partial charge in [-0.3, -0.25) is 0 Å². The molecule has 0 unspecified atom stereocenters. The highest BCUT2D eigenvalue weighted by Gasteiger charge is 2.45. The van der Waals surface area contributed by atoms with E-state index in [1.165, 1.54) is 105 Å². The fourth-order valence-corrected chi connectivity index (χ4v) is 9.61. The Kier molecular flexibility index (Phi) is 5.25. The van der Waals surface area contributed by atoms with E-state index in [0.717, 1.165) is 0 Å². The molecule has 0 fully saturated rings. The summed E-state index contributed by atoms with van der Waals surface area (Å²) in [6.07, 6.45) is 0. The minimum atomic E-state index is -0.0198. The van der Waals surface area contributed by atoms with Crippen molar-refractivity contribution >= 4 is 83.5 Å². The maximum atomic E-state index is 2.66. The Balaban J connectivity index is 1.35. The second-order valence-electron chi connectivity index (χ2n) is 14.1. The van der Waals surface area contributed by atoms with Crippen molar-refractivity contribution in [2.24, 2.45) is 0 Å². The molecule has 10 aromatic rings. The number of hydrogen-bond acceptors (Lipinski definition) is 1. The largest absolute Gasteiger partial charge is 0.376 e. The summed E-state index contributed by atoms with van der Waals surface area (Å²) in [7, 11) is 0. The molecule has 3 nitrogen and oxygen atoms in total. The third-order valence-electron chi connectivity index (χ3n) is 11.6. The Bertz CT molecular complexity index is 3110. The van der Waals surface area contributed by atoms with Gasteiger partial charge in [-0.1, -0.05) is 115 Å². The van der Waals surface area contributed by atoms with Crippen LogP contribution in [-0.4, -0.2) is 16.0 Å². The lowest BCUT2D eigenvalue weighted by atomic mass is 9.43. The highest BCUT2D eigenvalue weighted by atomic mass is 15.1. The van der Waals surface area contributed by atoms with Gasteiger partial charge in [0.25, 0.3) is 0 Å². The molecule has 51 heavy (non-hydrogen) atoms. The number of benzene rings is 8. The number of hydrogen-bond donors (Lipinski definition) is 0. The van der Waals surface area contributed by atoms with E-state index in [-0.39, 0.29) is 6.85 Å². The number of aryl methyl sites for hydroxylation is 1. The van der Waals surface area contributed by atoms with Gasteiger partial charge in [-0.15, -0.1) is 0 Å². The van der Waals surface area contributed by atoms with E-state index in [1.807, 2.05) is 0 Å².